The molecule has 3 heteroatoms. The van der Waals surface area contributed by atoms with Crippen LogP contribution in [0, 0.1) is 7.14 Å². The Labute approximate surface area is 147 Å². The number of Topliss-reactive ketones (excluding diaryl/α,β-unsaturated/α-hetero) is 1. The molecule has 0 aliphatic carbocycles. The summed E-state index contributed by atoms with van der Waals surface area (Å²) in [6.07, 6.45) is 2.99. The minimum atomic E-state index is 0.349. The van der Waals surface area contributed by atoms with E-state index in [-0.39, 0.29) is 0 Å². The molecule has 0 heterocycles. The summed E-state index contributed by atoms with van der Waals surface area (Å²) in [5.74, 6) is 0.349. The van der Waals surface area contributed by atoms with Gasteiger partial charge in [0.05, 0.1) is 0 Å². The minimum absolute atomic E-state index is 0.349. The second kappa shape index (κ2) is 8.12. The summed E-state index contributed by atoms with van der Waals surface area (Å²) in [6.45, 7) is 0. The Morgan fingerprint density at radius 1 is 0.700 bits per heavy atom. The second-order valence-corrected chi connectivity index (χ2v) is 7.28. The average Bonchev–Trinajstić information content (AvgIpc) is 2.46. The zero-order chi connectivity index (χ0) is 14.4. The van der Waals surface area contributed by atoms with Crippen molar-refractivity contribution in [3.8, 4) is 0 Å². The van der Waals surface area contributed by atoms with Gasteiger partial charge in [0, 0.05) is 20.0 Å². The van der Waals surface area contributed by atoms with Crippen molar-refractivity contribution in [1.82, 2.24) is 0 Å². The van der Waals surface area contributed by atoms with E-state index < -0.39 is 0 Å². The number of hydrogen-bond donors (Lipinski definition) is 0. The van der Waals surface area contributed by atoms with Gasteiger partial charge >= 0.3 is 0 Å². The fourth-order valence-electron chi connectivity index (χ4n) is 1.99. The zero-order valence-corrected chi connectivity index (χ0v) is 15.4. The smallest absolute Gasteiger partial charge is 0.133 e. The van der Waals surface area contributed by atoms with Gasteiger partial charge in [0.2, 0.25) is 0 Å². The van der Waals surface area contributed by atoms with Crippen molar-refractivity contribution in [2.24, 2.45) is 0 Å². The van der Waals surface area contributed by atoms with Gasteiger partial charge < -0.3 is 0 Å². The summed E-state index contributed by atoms with van der Waals surface area (Å²) < 4.78 is 2.47. The van der Waals surface area contributed by atoms with E-state index in [0.717, 1.165) is 12.8 Å². The summed E-state index contributed by atoms with van der Waals surface area (Å²) in [6, 6.07) is 16.8. The highest BCUT2D eigenvalue weighted by Gasteiger charge is 2.04. The Morgan fingerprint density at radius 2 is 1.05 bits per heavy atom. The maximum atomic E-state index is 11.9. The second-order valence-electron chi connectivity index (χ2n) is 4.79. The summed E-state index contributed by atoms with van der Waals surface area (Å²) in [4.78, 5) is 11.9. The molecule has 0 unspecified atom stereocenters. The molecule has 20 heavy (non-hydrogen) atoms. The van der Waals surface area contributed by atoms with E-state index in [0.29, 0.717) is 18.6 Å². The fraction of sp³-hybridized carbons (Fsp3) is 0.235. The van der Waals surface area contributed by atoms with Crippen molar-refractivity contribution in [2.75, 3.05) is 0 Å². The maximum Gasteiger partial charge on any atom is 0.133 e. The third-order valence-corrected chi connectivity index (χ3v) is 4.65. The van der Waals surface area contributed by atoms with E-state index in [1.807, 2.05) is 0 Å². The lowest BCUT2D eigenvalue weighted by molar-refractivity contribution is -0.119. The number of halogens is 2. The molecule has 1 nitrogen and oxygen atoms in total. The fourth-order valence-corrected chi connectivity index (χ4v) is 2.71. The Morgan fingerprint density at radius 3 is 1.40 bits per heavy atom. The van der Waals surface area contributed by atoms with Crippen molar-refractivity contribution in [3.63, 3.8) is 0 Å². The molecule has 2 rings (SSSR count). The topological polar surface area (TPSA) is 17.1 Å². The molecule has 0 saturated heterocycles. The lowest BCUT2D eigenvalue weighted by atomic mass is 10.0. The van der Waals surface area contributed by atoms with Crippen molar-refractivity contribution in [3.05, 3.63) is 66.8 Å². The first-order valence-electron chi connectivity index (χ1n) is 6.64. The SMILES string of the molecule is O=C(CCc1ccc(I)cc1)CCc1ccc(I)cc1. The molecule has 0 amide bonds. The number of carbonyl (C=O) groups is 1. The molecule has 0 spiro atoms. The number of hydrogen-bond acceptors (Lipinski definition) is 1. The van der Waals surface area contributed by atoms with Crippen molar-refractivity contribution in [1.29, 1.82) is 0 Å². The molecule has 2 aromatic rings. The van der Waals surface area contributed by atoms with Crippen LogP contribution in [0.15, 0.2) is 48.5 Å². The van der Waals surface area contributed by atoms with Gasteiger partial charge in [-0.2, -0.15) is 0 Å². The van der Waals surface area contributed by atoms with Crippen molar-refractivity contribution >= 4 is 51.0 Å². The highest BCUT2D eigenvalue weighted by atomic mass is 127. The Hall–Kier alpha value is -0.430. The largest absolute Gasteiger partial charge is 0.300 e. The van der Waals surface area contributed by atoms with E-state index in [9.17, 15) is 4.79 Å². The first-order chi connectivity index (χ1) is 9.63. The van der Waals surface area contributed by atoms with Gasteiger partial charge in [0.25, 0.3) is 0 Å². The van der Waals surface area contributed by atoms with Crippen LogP contribution in [0.4, 0.5) is 0 Å². The predicted molar refractivity (Wildman–Crippen MR) is 100.0 cm³/mol. The molecule has 0 bridgehead atoms. The van der Waals surface area contributed by atoms with Gasteiger partial charge in [-0.1, -0.05) is 24.3 Å². The van der Waals surface area contributed by atoms with Crippen LogP contribution < -0.4 is 0 Å². The molecule has 0 N–H and O–H groups in total. The summed E-state index contributed by atoms with van der Waals surface area (Å²) in [5, 5.41) is 0. The number of ketones is 1. The lowest BCUT2D eigenvalue weighted by Gasteiger charge is -2.03. The molecular formula is C17H16I2O. The summed E-state index contributed by atoms with van der Waals surface area (Å²) in [7, 11) is 0. The number of carbonyl (C=O) groups excluding carboxylic acids is 1. The molecule has 0 atom stereocenters. The van der Waals surface area contributed by atoms with Crippen LogP contribution in [0.25, 0.3) is 0 Å². The molecule has 104 valence electrons. The van der Waals surface area contributed by atoms with Crippen molar-refractivity contribution in [2.45, 2.75) is 25.7 Å². The maximum absolute atomic E-state index is 11.9. The number of aryl methyl sites for hydroxylation is 2. The average molecular weight is 490 g/mol. The molecule has 0 fully saturated rings. The van der Waals surface area contributed by atoms with Gasteiger partial charge in [-0.15, -0.1) is 0 Å². The zero-order valence-electron chi connectivity index (χ0n) is 11.1. The van der Waals surface area contributed by atoms with Crippen LogP contribution >= 0.6 is 45.2 Å². The van der Waals surface area contributed by atoms with E-state index in [4.69, 9.17) is 0 Å². The van der Waals surface area contributed by atoms with Crippen LogP contribution in [-0.4, -0.2) is 5.78 Å². The van der Waals surface area contributed by atoms with E-state index in [1.54, 1.807) is 0 Å². The number of benzene rings is 2. The standard InChI is InChI=1S/C17H16I2O/c18-15-7-1-13(2-8-15)5-11-17(20)12-6-14-3-9-16(19)10-4-14/h1-4,7-10H,5-6,11-12H2. The van der Waals surface area contributed by atoms with Crippen LogP contribution in [-0.2, 0) is 17.6 Å². The predicted octanol–water partition coefficient (Wildman–Crippen LogP) is 5.03. The third-order valence-electron chi connectivity index (χ3n) is 3.21. The van der Waals surface area contributed by atoms with Gasteiger partial charge in [-0.05, 0) is 93.4 Å². The van der Waals surface area contributed by atoms with Crippen LogP contribution in [0.3, 0.4) is 0 Å². The van der Waals surface area contributed by atoms with Crippen LogP contribution in [0.1, 0.15) is 24.0 Å². The Balaban J connectivity index is 1.75. The summed E-state index contributed by atoms with van der Waals surface area (Å²) >= 11 is 4.59. The first-order valence-corrected chi connectivity index (χ1v) is 8.80. The third kappa shape index (κ3) is 5.52. The normalized spacial score (nSPS) is 10.5. The van der Waals surface area contributed by atoms with E-state index >= 15 is 0 Å². The molecule has 0 radical (unpaired) electrons. The monoisotopic (exact) mass is 490 g/mol. The molecular weight excluding hydrogens is 474 g/mol. The number of rotatable bonds is 6. The first kappa shape index (κ1) is 15.9. The minimum Gasteiger partial charge on any atom is -0.300 e. The van der Waals surface area contributed by atoms with Gasteiger partial charge in [0.1, 0.15) is 5.78 Å². The highest BCUT2D eigenvalue weighted by Crippen LogP contribution is 2.12. The molecule has 0 aliphatic rings. The van der Waals surface area contributed by atoms with Gasteiger partial charge in [-0.25, -0.2) is 0 Å². The molecule has 0 aromatic heterocycles. The van der Waals surface area contributed by atoms with Crippen molar-refractivity contribution < 1.29 is 4.79 Å². The van der Waals surface area contributed by atoms with Gasteiger partial charge in [-0.3, -0.25) is 4.79 Å². The van der Waals surface area contributed by atoms with Crippen LogP contribution in [0.5, 0.6) is 0 Å². The molecule has 0 aliphatic heterocycles. The summed E-state index contributed by atoms with van der Waals surface area (Å²) in [5.41, 5.74) is 2.49. The molecule has 0 saturated carbocycles. The Bertz CT molecular complexity index is 507. The van der Waals surface area contributed by atoms with Gasteiger partial charge in [0.15, 0.2) is 0 Å². The van der Waals surface area contributed by atoms with E-state index in [2.05, 4.69) is 93.7 Å². The highest BCUT2D eigenvalue weighted by molar-refractivity contribution is 14.1. The Kier molecular flexibility index (Phi) is 6.48. The molecule has 2 aromatic carbocycles. The quantitative estimate of drug-likeness (QED) is 0.520. The lowest BCUT2D eigenvalue weighted by Crippen LogP contribution is -2.02. The van der Waals surface area contributed by atoms with Crippen LogP contribution in [0.2, 0.25) is 0 Å². The van der Waals surface area contributed by atoms with E-state index in [1.165, 1.54) is 18.3 Å².